The normalized spacial score (nSPS) is 27.0. The largest absolute Gasteiger partial charge is 0.403 e. The number of hydrogen-bond acceptors (Lipinski definition) is 8. The molecule has 1 aliphatic carbocycles. The Kier molecular flexibility index (Phi) is 22.8. The number of nitrogens with one attached hydrogen (secondary N) is 1. The summed E-state index contributed by atoms with van der Waals surface area (Å²) in [6.07, 6.45) is 53.1. The molecule has 2 saturated heterocycles. The number of aromatic amines is 1. The molecule has 2 atom stereocenters. The molecule has 9 heteroatoms. The molecule has 9 nitrogen and oxygen atoms in total. The van der Waals surface area contributed by atoms with Crippen LogP contribution in [0.5, 0.6) is 0 Å². The number of Topliss-reactive ketones (excluding diaryl/α,β-unsaturated/α-hetero) is 2. The van der Waals surface area contributed by atoms with Gasteiger partial charge in [-0.05, 0) is 83.5 Å². The zero-order valence-corrected chi connectivity index (χ0v) is 35.5. The second-order valence-corrected chi connectivity index (χ2v) is 15.9. The van der Waals surface area contributed by atoms with E-state index in [9.17, 15) is 9.59 Å². The van der Waals surface area contributed by atoms with Crippen LogP contribution in [0.25, 0.3) is 0 Å². The zero-order valence-electron chi connectivity index (χ0n) is 35.5. The number of ketones is 2. The van der Waals surface area contributed by atoms with Crippen molar-refractivity contribution >= 4 is 11.6 Å². The number of nitrogens with zero attached hydrogens (tertiary/aromatic N) is 1. The predicted octanol–water partition coefficient (Wildman–Crippen LogP) is 11.1. The highest BCUT2D eigenvalue weighted by Gasteiger charge is 2.40. The van der Waals surface area contributed by atoms with Crippen LogP contribution in [0.2, 0.25) is 0 Å². The van der Waals surface area contributed by atoms with Crippen molar-refractivity contribution in [2.45, 2.75) is 159 Å². The number of H-pyrrole nitrogens is 1. The molecule has 4 rings (SSSR count). The molecular formula is C50H71N3O6. The summed E-state index contributed by atoms with van der Waals surface area (Å²) in [6, 6.07) is 0. The molecule has 2 unspecified atom stereocenters. The van der Waals surface area contributed by atoms with E-state index in [1.54, 1.807) is 6.33 Å². The summed E-state index contributed by atoms with van der Waals surface area (Å²) in [4.78, 5) is 32.3. The van der Waals surface area contributed by atoms with Crippen LogP contribution in [0.1, 0.15) is 134 Å². The molecule has 0 aromatic carbocycles. The molecule has 0 saturated carbocycles. The predicted molar refractivity (Wildman–Crippen MR) is 238 cm³/mol. The Balaban J connectivity index is 1.28. The number of hydrogen-bond donors (Lipinski definition) is 2. The highest BCUT2D eigenvalue weighted by Crippen LogP contribution is 2.35. The van der Waals surface area contributed by atoms with Crippen LogP contribution in [-0.2, 0) is 35.0 Å². The second-order valence-electron chi connectivity index (χ2n) is 15.9. The van der Waals surface area contributed by atoms with Gasteiger partial charge < -0.3 is 29.7 Å². The van der Waals surface area contributed by atoms with Crippen molar-refractivity contribution in [1.29, 1.82) is 0 Å². The van der Waals surface area contributed by atoms with Crippen molar-refractivity contribution in [2.75, 3.05) is 13.2 Å². The lowest BCUT2D eigenvalue weighted by atomic mass is 10.1. The Morgan fingerprint density at radius 3 is 1.42 bits per heavy atom. The maximum absolute atomic E-state index is 12.5. The fourth-order valence-corrected chi connectivity index (χ4v) is 7.24. The summed E-state index contributed by atoms with van der Waals surface area (Å²) in [5, 5.41) is 0. The van der Waals surface area contributed by atoms with E-state index in [0.717, 1.165) is 89.2 Å². The SMILES string of the molecule is C=C(N)CCCC1COC2(CC=CCC=CCCC(=O)CCC=CCC=CCC3(CC=CCC=CCCC(=O)CCC=CCC=CC2)OCC(CCc2cnc[nH]2)O3)O1. The summed E-state index contributed by atoms with van der Waals surface area (Å²) in [5.41, 5.74) is 7.57. The van der Waals surface area contributed by atoms with Crippen molar-refractivity contribution in [2.24, 2.45) is 5.73 Å². The van der Waals surface area contributed by atoms with Crippen molar-refractivity contribution < 1.29 is 28.5 Å². The molecule has 2 aliphatic heterocycles. The van der Waals surface area contributed by atoms with Gasteiger partial charge in [0, 0.05) is 69.0 Å². The molecule has 2 spiro atoms. The third-order valence-electron chi connectivity index (χ3n) is 10.6. The molecule has 59 heavy (non-hydrogen) atoms. The standard InChI is InChI=1S/C50H71N3O6/c1-43(51)27-26-32-47-40-56-49(58-47)35-22-14-6-2-10-18-28-45(54)30-20-12-4-8-16-24-37-50(57-41-48(59-50)34-33-44-39-52-42-53-44)38-25-17-9-5-13-21-31-46(55)29-19-11-3-7-15-23-36-49/h2-5,10-17,22-25,39,42,47-48H,1,6-9,18-21,26-38,40-41,51H2,(H,52,53). The van der Waals surface area contributed by atoms with Crippen LogP contribution in [0.4, 0.5) is 0 Å². The molecule has 1 aromatic rings. The van der Waals surface area contributed by atoms with Gasteiger partial charge in [-0.15, -0.1) is 0 Å². The van der Waals surface area contributed by atoms with Gasteiger partial charge in [-0.25, -0.2) is 4.98 Å². The van der Waals surface area contributed by atoms with Crippen molar-refractivity contribution in [3.05, 3.63) is 128 Å². The molecule has 1 aromatic heterocycles. The third kappa shape index (κ3) is 20.6. The Bertz CT molecular complexity index is 1540. The minimum Gasteiger partial charge on any atom is -0.403 e. The number of rotatable bonds is 7. The number of allylic oxidation sites excluding steroid dienone is 13. The van der Waals surface area contributed by atoms with E-state index in [0.29, 0.717) is 70.3 Å². The van der Waals surface area contributed by atoms with Crippen LogP contribution in [0.15, 0.2) is 122 Å². The molecule has 322 valence electrons. The summed E-state index contributed by atoms with van der Waals surface area (Å²) in [7, 11) is 0. The molecule has 0 amide bonds. The molecule has 2 fully saturated rings. The van der Waals surface area contributed by atoms with Gasteiger partial charge >= 0.3 is 0 Å². The monoisotopic (exact) mass is 810 g/mol. The maximum atomic E-state index is 12.5. The minimum atomic E-state index is -0.684. The highest BCUT2D eigenvalue weighted by atomic mass is 16.7. The number of carbonyl (C=O) groups is 2. The summed E-state index contributed by atoms with van der Waals surface area (Å²) >= 11 is 0. The van der Waals surface area contributed by atoms with Gasteiger partial charge in [0.05, 0.1) is 31.7 Å². The smallest absolute Gasteiger partial charge is 0.175 e. The lowest BCUT2D eigenvalue weighted by Crippen LogP contribution is -2.29. The number of carbonyl (C=O) groups excluding carboxylic acids is 2. The van der Waals surface area contributed by atoms with Crippen molar-refractivity contribution in [3.63, 3.8) is 0 Å². The van der Waals surface area contributed by atoms with Crippen molar-refractivity contribution in [3.8, 4) is 0 Å². The van der Waals surface area contributed by atoms with Crippen LogP contribution in [0.3, 0.4) is 0 Å². The Hall–Kier alpha value is -4.15. The van der Waals surface area contributed by atoms with Gasteiger partial charge in [0.1, 0.15) is 11.6 Å². The van der Waals surface area contributed by atoms with Crippen LogP contribution in [-0.4, -0.2) is 58.5 Å². The van der Waals surface area contributed by atoms with Crippen molar-refractivity contribution in [1.82, 2.24) is 9.97 Å². The summed E-state index contributed by atoms with van der Waals surface area (Å²) in [5.74, 6) is -0.782. The number of imidazole rings is 1. The van der Waals surface area contributed by atoms with Gasteiger partial charge in [-0.3, -0.25) is 9.59 Å². The van der Waals surface area contributed by atoms with E-state index < -0.39 is 11.6 Å². The number of aromatic nitrogens is 2. The first-order chi connectivity index (χ1) is 28.9. The average molecular weight is 810 g/mol. The molecule has 3 N–H and O–H groups in total. The van der Waals surface area contributed by atoms with Gasteiger partial charge in [0.25, 0.3) is 0 Å². The first-order valence-electron chi connectivity index (χ1n) is 22.1. The quantitative estimate of drug-likeness (QED) is 0.261. The maximum Gasteiger partial charge on any atom is 0.175 e. The fraction of sp³-hybridized carbons (Fsp3) is 0.540. The molecule has 0 radical (unpaired) electrons. The van der Waals surface area contributed by atoms with Gasteiger partial charge in [-0.2, -0.15) is 0 Å². The molecular weight excluding hydrogens is 739 g/mol. The van der Waals surface area contributed by atoms with Gasteiger partial charge in [0.15, 0.2) is 11.6 Å². The highest BCUT2D eigenvalue weighted by molar-refractivity contribution is 5.79. The van der Waals surface area contributed by atoms with E-state index >= 15 is 0 Å². The number of aryl methyl sites for hydroxylation is 1. The van der Waals surface area contributed by atoms with E-state index in [1.165, 1.54) is 0 Å². The van der Waals surface area contributed by atoms with Crippen LogP contribution < -0.4 is 5.73 Å². The average Bonchev–Trinajstić information content (AvgIpc) is 3.99. The zero-order chi connectivity index (χ0) is 41.7. The Labute approximate surface area is 354 Å². The molecule has 3 aliphatic rings. The second kappa shape index (κ2) is 28.3. The Morgan fingerprint density at radius 1 is 0.627 bits per heavy atom. The van der Waals surface area contributed by atoms with Crippen LogP contribution in [0, 0.1) is 0 Å². The number of nitrogens with two attached hydrogens (primary N) is 1. The summed E-state index contributed by atoms with van der Waals surface area (Å²) in [6.45, 7) is 4.95. The van der Waals surface area contributed by atoms with E-state index in [-0.39, 0.29) is 23.8 Å². The van der Waals surface area contributed by atoms with Crippen LogP contribution >= 0.6 is 0 Å². The third-order valence-corrected chi connectivity index (χ3v) is 10.6. The Morgan fingerprint density at radius 2 is 1.03 bits per heavy atom. The van der Waals surface area contributed by atoms with Gasteiger partial charge in [-0.1, -0.05) is 104 Å². The first-order valence-corrected chi connectivity index (χ1v) is 22.1. The lowest BCUT2D eigenvalue weighted by Gasteiger charge is -2.26. The lowest BCUT2D eigenvalue weighted by molar-refractivity contribution is -0.163. The van der Waals surface area contributed by atoms with E-state index in [4.69, 9.17) is 24.7 Å². The van der Waals surface area contributed by atoms with E-state index in [1.807, 2.05) is 6.20 Å². The molecule has 3 heterocycles. The number of ether oxygens (including phenoxy) is 4. The van der Waals surface area contributed by atoms with Gasteiger partial charge in [0.2, 0.25) is 0 Å². The minimum absolute atomic E-state index is 0.0258. The first kappa shape index (κ1) is 47.5. The summed E-state index contributed by atoms with van der Waals surface area (Å²) < 4.78 is 25.7. The molecule has 0 bridgehead atoms. The topological polar surface area (TPSA) is 126 Å². The fourth-order valence-electron chi connectivity index (χ4n) is 7.24. The van der Waals surface area contributed by atoms with E-state index in [2.05, 4.69) is 114 Å².